The van der Waals surface area contributed by atoms with Crippen LogP contribution in [-0.2, 0) is 11.2 Å². The first kappa shape index (κ1) is 17.8. The van der Waals surface area contributed by atoms with Crippen molar-refractivity contribution in [3.05, 3.63) is 48.0 Å². The number of nitrogens with two attached hydrogens (primary N) is 1. The predicted molar refractivity (Wildman–Crippen MR) is 97.9 cm³/mol. The van der Waals surface area contributed by atoms with Crippen LogP contribution < -0.4 is 5.73 Å². The predicted octanol–water partition coefficient (Wildman–Crippen LogP) is 3.53. The Bertz CT molecular complexity index is 651. The van der Waals surface area contributed by atoms with Crippen LogP contribution in [0.1, 0.15) is 31.2 Å². The molecule has 1 atom stereocenters. The first-order valence-electron chi connectivity index (χ1n) is 8.26. The molecule has 1 aliphatic rings. The summed E-state index contributed by atoms with van der Waals surface area (Å²) in [6.45, 7) is 1.54. The van der Waals surface area contributed by atoms with Crippen LogP contribution in [0.5, 0.6) is 0 Å². The summed E-state index contributed by atoms with van der Waals surface area (Å²) in [5, 5.41) is 2.38. The molecule has 0 bridgehead atoms. The van der Waals surface area contributed by atoms with Crippen LogP contribution in [0.15, 0.2) is 42.5 Å². The SMILES string of the molecule is Cl.NCCC1CCCCN1C(=O)Cc1cccc2ccccc12. The van der Waals surface area contributed by atoms with Gasteiger partial charge in [0.1, 0.15) is 0 Å². The molecule has 0 aromatic heterocycles. The minimum Gasteiger partial charge on any atom is -0.339 e. The molecule has 1 heterocycles. The molecule has 1 unspecified atom stereocenters. The number of benzene rings is 2. The summed E-state index contributed by atoms with van der Waals surface area (Å²) in [5.74, 6) is 0.245. The largest absolute Gasteiger partial charge is 0.339 e. The standard InChI is InChI=1S/C19H24N2O.ClH/c20-12-11-17-9-3-4-13-21(17)19(22)14-16-8-5-7-15-6-1-2-10-18(15)16;/h1-2,5-8,10,17H,3-4,9,11-14,20H2;1H. The monoisotopic (exact) mass is 332 g/mol. The average molecular weight is 333 g/mol. The Morgan fingerprint density at radius 1 is 1.13 bits per heavy atom. The Balaban J connectivity index is 0.00000192. The topological polar surface area (TPSA) is 46.3 Å². The number of rotatable bonds is 4. The molecule has 0 spiro atoms. The second kappa shape index (κ2) is 8.32. The number of piperidine rings is 1. The summed E-state index contributed by atoms with van der Waals surface area (Å²) < 4.78 is 0. The van der Waals surface area contributed by atoms with Crippen molar-refractivity contribution in [2.75, 3.05) is 13.1 Å². The van der Waals surface area contributed by atoms with Gasteiger partial charge in [0.05, 0.1) is 6.42 Å². The highest BCUT2D eigenvalue weighted by Crippen LogP contribution is 2.23. The Kier molecular flexibility index (Phi) is 6.43. The molecule has 3 nitrogen and oxygen atoms in total. The number of hydrogen-bond acceptors (Lipinski definition) is 2. The van der Waals surface area contributed by atoms with Crippen molar-refractivity contribution in [2.24, 2.45) is 5.73 Å². The first-order valence-corrected chi connectivity index (χ1v) is 8.26. The maximum atomic E-state index is 12.8. The third-order valence-electron chi connectivity index (χ3n) is 4.67. The fourth-order valence-corrected chi connectivity index (χ4v) is 3.53. The van der Waals surface area contributed by atoms with Crippen molar-refractivity contribution in [1.29, 1.82) is 0 Å². The van der Waals surface area contributed by atoms with Gasteiger partial charge in [0.25, 0.3) is 0 Å². The number of fused-ring (bicyclic) bond motifs is 1. The molecule has 1 amide bonds. The van der Waals surface area contributed by atoms with E-state index in [0.717, 1.165) is 31.4 Å². The maximum Gasteiger partial charge on any atom is 0.227 e. The van der Waals surface area contributed by atoms with Crippen molar-refractivity contribution in [1.82, 2.24) is 4.90 Å². The van der Waals surface area contributed by atoms with Crippen molar-refractivity contribution in [3.8, 4) is 0 Å². The Labute approximate surface area is 144 Å². The minimum absolute atomic E-state index is 0. The molecule has 2 aromatic rings. The highest BCUT2D eigenvalue weighted by molar-refractivity contribution is 5.90. The van der Waals surface area contributed by atoms with Gasteiger partial charge in [-0.25, -0.2) is 0 Å². The molecule has 1 aliphatic heterocycles. The number of carbonyl (C=O) groups is 1. The van der Waals surface area contributed by atoms with E-state index < -0.39 is 0 Å². The van der Waals surface area contributed by atoms with Gasteiger partial charge in [-0.3, -0.25) is 4.79 Å². The van der Waals surface area contributed by atoms with Crippen LogP contribution in [0.25, 0.3) is 10.8 Å². The fourth-order valence-electron chi connectivity index (χ4n) is 3.53. The van der Waals surface area contributed by atoms with E-state index in [1.54, 1.807) is 0 Å². The number of hydrogen-bond donors (Lipinski definition) is 1. The van der Waals surface area contributed by atoms with E-state index in [0.29, 0.717) is 19.0 Å². The molecule has 23 heavy (non-hydrogen) atoms. The van der Waals surface area contributed by atoms with Crippen LogP contribution in [-0.4, -0.2) is 29.9 Å². The number of nitrogens with zero attached hydrogens (tertiary/aromatic N) is 1. The summed E-state index contributed by atoms with van der Waals surface area (Å²) in [7, 11) is 0. The fraction of sp³-hybridized carbons (Fsp3) is 0.421. The van der Waals surface area contributed by atoms with Gasteiger partial charge < -0.3 is 10.6 Å². The van der Waals surface area contributed by atoms with E-state index in [9.17, 15) is 4.79 Å². The van der Waals surface area contributed by atoms with Gasteiger partial charge in [0.2, 0.25) is 5.91 Å². The number of likely N-dealkylation sites (tertiary alicyclic amines) is 1. The molecule has 2 aromatic carbocycles. The van der Waals surface area contributed by atoms with Gasteiger partial charge in [-0.05, 0) is 48.6 Å². The lowest BCUT2D eigenvalue weighted by atomic mass is 9.97. The quantitative estimate of drug-likeness (QED) is 0.931. The van der Waals surface area contributed by atoms with Crippen LogP contribution in [0.3, 0.4) is 0 Å². The maximum absolute atomic E-state index is 12.8. The Hall–Kier alpha value is -1.58. The second-order valence-electron chi connectivity index (χ2n) is 6.13. The second-order valence-corrected chi connectivity index (χ2v) is 6.13. The van der Waals surface area contributed by atoms with Gasteiger partial charge in [0.15, 0.2) is 0 Å². The molecule has 0 radical (unpaired) electrons. The van der Waals surface area contributed by atoms with E-state index in [1.165, 1.54) is 17.2 Å². The van der Waals surface area contributed by atoms with Crippen LogP contribution >= 0.6 is 12.4 Å². The number of carbonyl (C=O) groups excluding carboxylic acids is 1. The van der Waals surface area contributed by atoms with Crippen LogP contribution in [0.4, 0.5) is 0 Å². The summed E-state index contributed by atoms with van der Waals surface area (Å²) >= 11 is 0. The zero-order chi connectivity index (χ0) is 15.4. The molecule has 4 heteroatoms. The number of amides is 1. The van der Waals surface area contributed by atoms with Crippen molar-refractivity contribution in [3.63, 3.8) is 0 Å². The van der Waals surface area contributed by atoms with E-state index in [2.05, 4.69) is 29.2 Å². The third-order valence-corrected chi connectivity index (χ3v) is 4.67. The lowest BCUT2D eigenvalue weighted by Crippen LogP contribution is -2.45. The lowest BCUT2D eigenvalue weighted by Gasteiger charge is -2.36. The molecule has 0 aliphatic carbocycles. The molecular weight excluding hydrogens is 308 g/mol. The summed E-state index contributed by atoms with van der Waals surface area (Å²) in [6.07, 6.45) is 4.83. The summed E-state index contributed by atoms with van der Waals surface area (Å²) in [6, 6.07) is 14.8. The lowest BCUT2D eigenvalue weighted by molar-refractivity contribution is -0.134. The number of halogens is 1. The van der Waals surface area contributed by atoms with Gasteiger partial charge in [-0.1, -0.05) is 42.5 Å². The van der Waals surface area contributed by atoms with Crippen LogP contribution in [0.2, 0.25) is 0 Å². The molecule has 1 fully saturated rings. The molecule has 3 rings (SSSR count). The zero-order valence-corrected chi connectivity index (χ0v) is 14.2. The summed E-state index contributed by atoms with van der Waals surface area (Å²) in [4.78, 5) is 14.8. The van der Waals surface area contributed by atoms with E-state index in [1.807, 2.05) is 18.2 Å². The van der Waals surface area contributed by atoms with E-state index >= 15 is 0 Å². The van der Waals surface area contributed by atoms with Crippen LogP contribution in [0, 0.1) is 0 Å². The van der Waals surface area contributed by atoms with Gasteiger partial charge in [-0.15, -0.1) is 12.4 Å². The molecule has 0 saturated carbocycles. The van der Waals surface area contributed by atoms with Gasteiger partial charge in [0, 0.05) is 12.6 Å². The highest BCUT2D eigenvalue weighted by atomic mass is 35.5. The first-order chi connectivity index (χ1) is 10.8. The molecule has 1 saturated heterocycles. The molecule has 2 N–H and O–H groups in total. The summed E-state index contributed by atoms with van der Waals surface area (Å²) in [5.41, 5.74) is 6.84. The van der Waals surface area contributed by atoms with Crippen molar-refractivity contribution < 1.29 is 4.79 Å². The van der Waals surface area contributed by atoms with E-state index in [4.69, 9.17) is 5.73 Å². The molecular formula is C19H25ClN2O. The highest BCUT2D eigenvalue weighted by Gasteiger charge is 2.26. The normalized spacial score (nSPS) is 17.8. The van der Waals surface area contributed by atoms with Gasteiger partial charge >= 0.3 is 0 Å². The minimum atomic E-state index is 0. The third kappa shape index (κ3) is 4.04. The Morgan fingerprint density at radius 3 is 2.74 bits per heavy atom. The zero-order valence-electron chi connectivity index (χ0n) is 13.4. The smallest absolute Gasteiger partial charge is 0.227 e. The average Bonchev–Trinajstić information content (AvgIpc) is 2.56. The van der Waals surface area contributed by atoms with Gasteiger partial charge in [-0.2, -0.15) is 0 Å². The molecule has 124 valence electrons. The van der Waals surface area contributed by atoms with Crippen molar-refractivity contribution >= 4 is 29.1 Å². The Morgan fingerprint density at radius 2 is 1.91 bits per heavy atom. The van der Waals surface area contributed by atoms with E-state index in [-0.39, 0.29) is 18.3 Å². The van der Waals surface area contributed by atoms with Crippen molar-refractivity contribution in [2.45, 2.75) is 38.1 Å².